The smallest absolute Gasteiger partial charge is 0.143 e. The molecule has 2 unspecified atom stereocenters. The topological polar surface area (TPSA) is 35.2 Å². The predicted molar refractivity (Wildman–Crippen MR) is 71.8 cm³/mol. The molecule has 1 aliphatic heterocycles. The van der Waals surface area contributed by atoms with Crippen LogP contribution >= 0.6 is 15.9 Å². The van der Waals surface area contributed by atoms with Gasteiger partial charge in [0.25, 0.3) is 0 Å². The molecule has 1 saturated carbocycles. The fourth-order valence-corrected chi connectivity index (χ4v) is 3.31. The summed E-state index contributed by atoms with van der Waals surface area (Å²) in [5.41, 5.74) is 5.80. The molecule has 1 aromatic carbocycles. The summed E-state index contributed by atoms with van der Waals surface area (Å²) in [6.45, 7) is 0.578. The van der Waals surface area contributed by atoms with Crippen molar-refractivity contribution in [1.29, 1.82) is 0 Å². The van der Waals surface area contributed by atoms with E-state index >= 15 is 0 Å². The molecule has 0 bridgehead atoms. The van der Waals surface area contributed by atoms with Crippen LogP contribution in [0.25, 0.3) is 0 Å². The van der Waals surface area contributed by atoms with E-state index in [0.717, 1.165) is 12.8 Å². The highest BCUT2D eigenvalue weighted by Gasteiger charge is 2.49. The summed E-state index contributed by atoms with van der Waals surface area (Å²) in [7, 11) is 0. The van der Waals surface area contributed by atoms with Crippen molar-refractivity contribution in [1.82, 2.24) is 0 Å². The normalized spacial score (nSPS) is 30.8. The zero-order valence-electron chi connectivity index (χ0n) is 10.5. The molecule has 2 nitrogen and oxygen atoms in total. The highest BCUT2D eigenvalue weighted by molar-refractivity contribution is 9.10. The summed E-state index contributed by atoms with van der Waals surface area (Å²) in [6.07, 6.45) is 2.98. The van der Waals surface area contributed by atoms with Crippen molar-refractivity contribution in [2.75, 3.05) is 6.61 Å². The van der Waals surface area contributed by atoms with Gasteiger partial charge in [0.15, 0.2) is 0 Å². The Labute approximate surface area is 119 Å². The predicted octanol–water partition coefficient (Wildman–Crippen LogP) is 3.17. The van der Waals surface area contributed by atoms with Crippen LogP contribution in [0, 0.1) is 17.6 Å². The van der Waals surface area contributed by atoms with E-state index < -0.39 is 17.2 Å². The largest absolute Gasteiger partial charge is 0.376 e. The van der Waals surface area contributed by atoms with Gasteiger partial charge in [-0.05, 0) is 59.7 Å². The second kappa shape index (κ2) is 4.79. The van der Waals surface area contributed by atoms with Gasteiger partial charge in [0.05, 0.1) is 10.6 Å². The Morgan fingerprint density at radius 2 is 2.11 bits per heavy atom. The Balaban J connectivity index is 1.90. The van der Waals surface area contributed by atoms with Gasteiger partial charge in [0.2, 0.25) is 0 Å². The van der Waals surface area contributed by atoms with Crippen LogP contribution in [-0.4, -0.2) is 18.2 Å². The van der Waals surface area contributed by atoms with Gasteiger partial charge < -0.3 is 10.5 Å². The van der Waals surface area contributed by atoms with Crippen LogP contribution in [0.1, 0.15) is 24.8 Å². The lowest BCUT2D eigenvalue weighted by atomic mass is 9.83. The molecule has 1 aromatic rings. The minimum absolute atomic E-state index is 0.0630. The second-order valence-corrected chi connectivity index (χ2v) is 6.46. The first-order valence-corrected chi connectivity index (χ1v) is 7.33. The Bertz CT molecular complexity index is 506. The third-order valence-electron chi connectivity index (χ3n) is 4.13. The zero-order chi connectivity index (χ0) is 13.6. The first kappa shape index (κ1) is 13.5. The van der Waals surface area contributed by atoms with Gasteiger partial charge >= 0.3 is 0 Å². The van der Waals surface area contributed by atoms with Crippen LogP contribution in [0.4, 0.5) is 8.78 Å². The van der Waals surface area contributed by atoms with Crippen LogP contribution < -0.4 is 5.73 Å². The molecule has 2 N–H and O–H groups in total. The van der Waals surface area contributed by atoms with E-state index in [1.165, 1.54) is 12.1 Å². The Kier molecular flexibility index (Phi) is 3.39. The summed E-state index contributed by atoms with van der Waals surface area (Å²) in [5.74, 6) is -0.621. The first-order valence-electron chi connectivity index (χ1n) is 6.54. The fourth-order valence-electron chi connectivity index (χ4n) is 2.94. The van der Waals surface area contributed by atoms with Crippen molar-refractivity contribution in [3.63, 3.8) is 0 Å². The summed E-state index contributed by atoms with van der Waals surface area (Å²) in [4.78, 5) is 0. The molecule has 1 saturated heterocycles. The Morgan fingerprint density at radius 1 is 1.37 bits per heavy atom. The first-order chi connectivity index (χ1) is 9.01. The van der Waals surface area contributed by atoms with Crippen molar-refractivity contribution in [2.45, 2.75) is 37.3 Å². The summed E-state index contributed by atoms with van der Waals surface area (Å²) in [6, 6.07) is 2.65. The van der Waals surface area contributed by atoms with Crippen LogP contribution in [0.2, 0.25) is 0 Å². The van der Waals surface area contributed by atoms with Crippen LogP contribution in [0.3, 0.4) is 0 Å². The fraction of sp³-hybridized carbons (Fsp3) is 0.571. The number of benzene rings is 1. The number of hydrogen-bond donors (Lipinski definition) is 1. The average molecular weight is 332 g/mol. The minimum Gasteiger partial charge on any atom is -0.376 e. The number of nitrogens with two attached hydrogens (primary N) is 1. The quantitative estimate of drug-likeness (QED) is 0.863. The molecule has 0 spiro atoms. The lowest BCUT2D eigenvalue weighted by Gasteiger charge is -2.30. The third kappa shape index (κ3) is 2.43. The maximum atomic E-state index is 14.0. The molecule has 1 aliphatic carbocycles. The maximum Gasteiger partial charge on any atom is 0.143 e. The highest BCUT2D eigenvalue weighted by atomic mass is 79.9. The van der Waals surface area contributed by atoms with Gasteiger partial charge in [-0.3, -0.25) is 0 Å². The SMILES string of the molecule is NC1(Cc2c(F)ccc(Br)c2F)CCOC1C1CC1. The molecule has 19 heavy (non-hydrogen) atoms. The molecular formula is C14H16BrF2NO. The van der Waals surface area contributed by atoms with Gasteiger partial charge in [0, 0.05) is 17.7 Å². The van der Waals surface area contributed by atoms with E-state index in [0.29, 0.717) is 18.9 Å². The highest BCUT2D eigenvalue weighted by Crippen LogP contribution is 2.44. The zero-order valence-corrected chi connectivity index (χ0v) is 12.1. The summed E-state index contributed by atoms with van der Waals surface area (Å²) in [5, 5.41) is 0. The van der Waals surface area contributed by atoms with E-state index in [1.54, 1.807) is 0 Å². The van der Waals surface area contributed by atoms with E-state index in [4.69, 9.17) is 10.5 Å². The van der Waals surface area contributed by atoms with Crippen molar-refractivity contribution >= 4 is 15.9 Å². The van der Waals surface area contributed by atoms with Gasteiger partial charge in [-0.2, -0.15) is 0 Å². The van der Waals surface area contributed by atoms with Gasteiger partial charge in [-0.25, -0.2) is 8.78 Å². The standard InChI is InChI=1S/C14H16BrF2NO/c15-10-3-4-11(16)9(12(10)17)7-14(18)5-6-19-13(14)8-1-2-8/h3-4,8,13H,1-2,5-7,18H2. The van der Waals surface area contributed by atoms with Crippen LogP contribution in [0.5, 0.6) is 0 Å². The average Bonchev–Trinajstić information content (AvgIpc) is 3.14. The summed E-state index contributed by atoms with van der Waals surface area (Å²) < 4.78 is 33.9. The molecule has 2 atom stereocenters. The number of hydrogen-bond acceptors (Lipinski definition) is 2. The van der Waals surface area contributed by atoms with E-state index in [1.807, 2.05) is 0 Å². The Hall–Kier alpha value is -0.520. The van der Waals surface area contributed by atoms with E-state index in [-0.39, 0.29) is 22.6 Å². The molecule has 3 rings (SSSR count). The second-order valence-electron chi connectivity index (χ2n) is 5.61. The molecule has 0 aromatic heterocycles. The van der Waals surface area contributed by atoms with Crippen molar-refractivity contribution in [3.8, 4) is 0 Å². The number of ether oxygens (including phenoxy) is 1. The number of halogens is 3. The molecule has 2 aliphatic rings. The molecule has 0 radical (unpaired) electrons. The van der Waals surface area contributed by atoms with Crippen molar-refractivity contribution in [3.05, 3.63) is 33.8 Å². The van der Waals surface area contributed by atoms with Crippen molar-refractivity contribution in [2.24, 2.45) is 11.7 Å². The van der Waals surface area contributed by atoms with Gasteiger partial charge in [-0.15, -0.1) is 0 Å². The number of rotatable bonds is 3. The van der Waals surface area contributed by atoms with Crippen molar-refractivity contribution < 1.29 is 13.5 Å². The van der Waals surface area contributed by atoms with E-state index in [2.05, 4.69) is 15.9 Å². The molecular weight excluding hydrogens is 316 g/mol. The molecule has 1 heterocycles. The molecule has 5 heteroatoms. The lowest BCUT2D eigenvalue weighted by molar-refractivity contribution is 0.0622. The van der Waals surface area contributed by atoms with Gasteiger partial charge in [-0.1, -0.05) is 0 Å². The lowest BCUT2D eigenvalue weighted by Crippen LogP contribution is -2.50. The van der Waals surface area contributed by atoms with Gasteiger partial charge in [0.1, 0.15) is 11.6 Å². The third-order valence-corrected chi connectivity index (χ3v) is 4.74. The van der Waals surface area contributed by atoms with Crippen LogP contribution in [-0.2, 0) is 11.2 Å². The Morgan fingerprint density at radius 3 is 2.79 bits per heavy atom. The molecule has 0 amide bonds. The summed E-state index contributed by atoms with van der Waals surface area (Å²) >= 11 is 3.09. The molecule has 2 fully saturated rings. The van der Waals surface area contributed by atoms with E-state index in [9.17, 15) is 8.78 Å². The maximum absolute atomic E-state index is 14.0. The van der Waals surface area contributed by atoms with Crippen LogP contribution in [0.15, 0.2) is 16.6 Å². The molecule has 104 valence electrons. The minimum atomic E-state index is -0.649. The monoisotopic (exact) mass is 331 g/mol.